The number of benzene rings is 4. The minimum Gasteiger partial charge on any atom is -0.496 e. The number of aliphatic hydroxyl groups is 1. The molecule has 4 aromatic rings. The van der Waals surface area contributed by atoms with E-state index in [0.29, 0.717) is 23.9 Å². The number of nitrogens with one attached hydrogen (secondary N) is 1. The zero-order valence-corrected chi connectivity index (χ0v) is 27.0. The fraction of sp³-hybridized carbons (Fsp3) is 0.351. The molecule has 7 nitrogen and oxygen atoms in total. The van der Waals surface area contributed by atoms with Crippen LogP contribution in [0.15, 0.2) is 114 Å². The summed E-state index contributed by atoms with van der Waals surface area (Å²) in [5, 5.41) is 14.6. The van der Waals surface area contributed by atoms with Crippen LogP contribution in [0, 0.1) is 5.92 Å². The maximum Gasteiger partial charge on any atom is 0.294 e. The lowest BCUT2D eigenvalue weighted by atomic mass is 9.70. The Morgan fingerprint density at radius 2 is 1.40 bits per heavy atom. The third-order valence-electron chi connectivity index (χ3n) is 9.09. The van der Waals surface area contributed by atoms with Gasteiger partial charge >= 0.3 is 0 Å². The SMILES string of the molecule is COc1ccc(C(C)(C)O)cc1CN[C@H]1C2CCN(CC2)[C@H]1C(c1ccccc1)c1ccccc1.O=S(=O)(O)c1ccccc1. The molecule has 0 aromatic heterocycles. The largest absolute Gasteiger partial charge is 0.496 e. The van der Waals surface area contributed by atoms with E-state index in [1.54, 1.807) is 25.3 Å². The number of fused-ring (bicyclic) bond motifs is 3. The van der Waals surface area contributed by atoms with E-state index in [0.717, 1.165) is 23.4 Å². The predicted molar refractivity (Wildman–Crippen MR) is 178 cm³/mol. The van der Waals surface area contributed by atoms with Gasteiger partial charge in [-0.2, -0.15) is 8.42 Å². The van der Waals surface area contributed by atoms with Crippen LogP contribution in [0.1, 0.15) is 54.9 Å². The summed E-state index contributed by atoms with van der Waals surface area (Å²) < 4.78 is 34.9. The second-order valence-corrected chi connectivity index (χ2v) is 13.9. The predicted octanol–water partition coefficient (Wildman–Crippen LogP) is 6.24. The lowest BCUT2D eigenvalue weighted by Gasteiger charge is -2.54. The first-order chi connectivity index (χ1) is 21.6. The van der Waals surface area contributed by atoms with Crippen molar-refractivity contribution < 1.29 is 22.8 Å². The van der Waals surface area contributed by atoms with Gasteiger partial charge < -0.3 is 15.2 Å². The smallest absolute Gasteiger partial charge is 0.294 e. The number of hydrogen-bond acceptors (Lipinski definition) is 6. The number of hydrogen-bond donors (Lipinski definition) is 3. The second kappa shape index (κ2) is 14.3. The highest BCUT2D eigenvalue weighted by Crippen LogP contribution is 2.42. The van der Waals surface area contributed by atoms with Gasteiger partial charge in [-0.1, -0.05) is 84.9 Å². The summed E-state index contributed by atoms with van der Waals surface area (Å²) in [5.41, 5.74) is 3.88. The number of nitrogens with zero attached hydrogens (tertiary/aromatic N) is 1. The molecule has 3 N–H and O–H groups in total. The maximum atomic E-state index is 10.6. The van der Waals surface area contributed by atoms with Crippen LogP contribution >= 0.6 is 0 Å². The summed E-state index contributed by atoms with van der Waals surface area (Å²) in [5.74, 6) is 1.83. The molecule has 2 atom stereocenters. The van der Waals surface area contributed by atoms with E-state index in [-0.39, 0.29) is 4.90 Å². The van der Waals surface area contributed by atoms with Crippen LogP contribution in [0.25, 0.3) is 0 Å². The lowest BCUT2D eigenvalue weighted by Crippen LogP contribution is -2.64. The van der Waals surface area contributed by atoms with Gasteiger partial charge in [0.05, 0.1) is 17.6 Å². The third-order valence-corrected chi connectivity index (χ3v) is 9.95. The molecule has 3 fully saturated rings. The van der Waals surface area contributed by atoms with Crippen molar-refractivity contribution >= 4 is 10.1 Å². The van der Waals surface area contributed by atoms with E-state index in [9.17, 15) is 13.5 Å². The highest BCUT2D eigenvalue weighted by molar-refractivity contribution is 7.85. The van der Waals surface area contributed by atoms with Gasteiger partial charge in [0.1, 0.15) is 5.75 Å². The minimum atomic E-state index is -4.00. The number of ether oxygens (including phenoxy) is 1. The molecule has 0 radical (unpaired) electrons. The van der Waals surface area contributed by atoms with Crippen molar-refractivity contribution in [2.45, 2.75) is 61.7 Å². The van der Waals surface area contributed by atoms with E-state index >= 15 is 0 Å². The van der Waals surface area contributed by atoms with Crippen LogP contribution in [0.2, 0.25) is 0 Å². The van der Waals surface area contributed by atoms with Crippen molar-refractivity contribution in [2.75, 3.05) is 20.2 Å². The Hall–Kier alpha value is -3.53. The highest BCUT2D eigenvalue weighted by atomic mass is 32.2. The van der Waals surface area contributed by atoms with Crippen LogP contribution in [-0.2, 0) is 22.3 Å². The van der Waals surface area contributed by atoms with Gasteiger partial charge in [0, 0.05) is 30.1 Å². The average Bonchev–Trinajstić information content (AvgIpc) is 3.05. The monoisotopic (exact) mass is 628 g/mol. The fourth-order valence-corrected chi connectivity index (χ4v) is 7.31. The van der Waals surface area contributed by atoms with Gasteiger partial charge in [-0.25, -0.2) is 0 Å². The van der Waals surface area contributed by atoms with Gasteiger partial charge in [-0.3, -0.25) is 9.45 Å². The summed E-state index contributed by atoms with van der Waals surface area (Å²) in [6.45, 7) is 6.72. The molecular weight excluding hydrogens is 584 g/mol. The molecule has 7 rings (SSSR count). The third kappa shape index (κ3) is 8.01. The second-order valence-electron chi connectivity index (χ2n) is 12.4. The van der Waals surface area contributed by atoms with Crippen LogP contribution in [0.3, 0.4) is 0 Å². The molecule has 4 aromatic carbocycles. The zero-order valence-electron chi connectivity index (χ0n) is 26.2. The summed E-state index contributed by atoms with van der Waals surface area (Å²) in [6.07, 6.45) is 2.48. The van der Waals surface area contributed by atoms with Crippen LogP contribution in [0.5, 0.6) is 5.75 Å². The molecule has 45 heavy (non-hydrogen) atoms. The van der Waals surface area contributed by atoms with Gasteiger partial charge in [0.25, 0.3) is 10.1 Å². The van der Waals surface area contributed by atoms with E-state index in [1.807, 2.05) is 26.0 Å². The van der Waals surface area contributed by atoms with Gasteiger partial charge in [0.2, 0.25) is 0 Å². The molecule has 0 spiro atoms. The Morgan fingerprint density at radius 1 is 0.867 bits per heavy atom. The van der Waals surface area contributed by atoms with Crippen LogP contribution in [-0.4, -0.2) is 55.3 Å². The first-order valence-corrected chi connectivity index (χ1v) is 17.0. The first kappa shape index (κ1) is 32.9. The Balaban J connectivity index is 0.000000342. The first-order valence-electron chi connectivity index (χ1n) is 15.6. The van der Waals surface area contributed by atoms with Crippen molar-refractivity contribution in [3.05, 3.63) is 131 Å². The molecule has 2 bridgehead atoms. The Morgan fingerprint density at radius 3 is 1.87 bits per heavy atom. The van der Waals surface area contributed by atoms with Gasteiger partial charge in [0.15, 0.2) is 0 Å². The molecule has 0 saturated carbocycles. The lowest BCUT2D eigenvalue weighted by molar-refractivity contribution is 0.00460. The summed E-state index contributed by atoms with van der Waals surface area (Å²) in [7, 11) is -2.28. The van der Waals surface area contributed by atoms with Gasteiger partial charge in [-0.15, -0.1) is 0 Å². The molecule has 3 saturated heterocycles. The van der Waals surface area contributed by atoms with Crippen LogP contribution < -0.4 is 10.1 Å². The molecule has 3 aliphatic rings. The number of piperidine rings is 3. The van der Waals surface area contributed by atoms with E-state index < -0.39 is 15.7 Å². The molecular formula is C37H44N2O5S. The minimum absolute atomic E-state index is 0.0741. The average molecular weight is 629 g/mol. The molecule has 8 heteroatoms. The van der Waals surface area contributed by atoms with E-state index in [1.165, 1.54) is 49.2 Å². The number of methoxy groups -OCH3 is 1. The summed E-state index contributed by atoms with van der Waals surface area (Å²) in [4.78, 5) is 2.64. The molecule has 3 aliphatic heterocycles. The Kier molecular flexibility index (Phi) is 10.4. The number of rotatable bonds is 9. The highest BCUT2D eigenvalue weighted by Gasteiger charge is 2.46. The zero-order chi connectivity index (χ0) is 32.0. The van der Waals surface area contributed by atoms with Crippen molar-refractivity contribution in [1.82, 2.24) is 10.2 Å². The Bertz CT molecular complexity index is 1580. The molecule has 3 heterocycles. The normalized spacial score (nSPS) is 21.2. The van der Waals surface area contributed by atoms with E-state index in [4.69, 9.17) is 9.29 Å². The fourth-order valence-electron chi connectivity index (χ4n) is 6.81. The summed E-state index contributed by atoms with van der Waals surface area (Å²) >= 11 is 0. The Labute approximate surface area is 267 Å². The van der Waals surface area contributed by atoms with Gasteiger partial charge in [-0.05, 0) is 86.7 Å². The quantitative estimate of drug-likeness (QED) is 0.189. The van der Waals surface area contributed by atoms with Crippen molar-refractivity contribution in [3.8, 4) is 5.75 Å². The standard InChI is InChI=1S/C31H38N2O2.C6H6O3S/c1-31(2,34)26-14-15-27(35-3)25(20-26)21-32-29-24-16-18-33(19-17-24)30(29)28(22-10-6-4-7-11-22)23-12-8-5-9-13-23;7-10(8,9)6-4-2-1-3-5-6/h4-15,20,24,28-30,32,34H,16-19,21H2,1-3H3;1-5H,(H,7,8,9)/t29-,30-;/m0./s1. The van der Waals surface area contributed by atoms with Crippen molar-refractivity contribution in [1.29, 1.82) is 0 Å². The molecule has 0 amide bonds. The van der Waals surface area contributed by atoms with Crippen LogP contribution in [0.4, 0.5) is 0 Å². The molecule has 238 valence electrons. The van der Waals surface area contributed by atoms with Crippen molar-refractivity contribution in [2.24, 2.45) is 5.92 Å². The topological polar surface area (TPSA) is 99.1 Å². The summed E-state index contributed by atoms with van der Waals surface area (Å²) in [6, 6.07) is 36.2. The maximum absolute atomic E-state index is 10.6. The van der Waals surface area contributed by atoms with E-state index in [2.05, 4.69) is 76.9 Å². The van der Waals surface area contributed by atoms with Crippen molar-refractivity contribution in [3.63, 3.8) is 0 Å². The molecule has 0 aliphatic carbocycles. The molecule has 0 unspecified atom stereocenters.